The van der Waals surface area contributed by atoms with Crippen LogP contribution in [0.15, 0.2) is 36.4 Å². The van der Waals surface area contributed by atoms with Crippen molar-refractivity contribution in [2.24, 2.45) is 0 Å². The number of anilines is 2. The lowest BCUT2D eigenvalue weighted by Crippen LogP contribution is -3.28. The highest BCUT2D eigenvalue weighted by atomic mass is 19.1. The van der Waals surface area contributed by atoms with Crippen LogP contribution in [0, 0.1) is 26.6 Å². The maximum absolute atomic E-state index is 13.6. The molecule has 1 aliphatic heterocycles. The molecule has 0 aromatic heterocycles. The summed E-state index contributed by atoms with van der Waals surface area (Å²) in [5.41, 5.74) is 4.15. The normalized spacial score (nSPS) is 18.7. The molecule has 0 saturated carbocycles. The van der Waals surface area contributed by atoms with Crippen LogP contribution in [0.5, 0.6) is 0 Å². The molecule has 160 valence electrons. The van der Waals surface area contributed by atoms with Crippen molar-refractivity contribution < 1.29 is 23.8 Å². The van der Waals surface area contributed by atoms with Crippen molar-refractivity contribution in [1.82, 2.24) is 0 Å². The number of amides is 2. The third-order valence-corrected chi connectivity index (χ3v) is 5.82. The van der Waals surface area contributed by atoms with Gasteiger partial charge in [0.1, 0.15) is 32.0 Å². The first-order valence-electron chi connectivity index (χ1n) is 10.4. The van der Waals surface area contributed by atoms with Crippen molar-refractivity contribution in [3.05, 3.63) is 58.9 Å². The van der Waals surface area contributed by atoms with Gasteiger partial charge in [-0.25, -0.2) is 4.39 Å². The monoisotopic (exact) mass is 414 g/mol. The van der Waals surface area contributed by atoms with Gasteiger partial charge in [-0.05, 0) is 55.7 Å². The number of carbonyl (C=O) groups is 2. The molecular weight excluding hydrogens is 383 g/mol. The Morgan fingerprint density at radius 1 is 0.867 bits per heavy atom. The smallest absolute Gasteiger partial charge is 0.279 e. The molecule has 2 aromatic carbocycles. The second-order valence-corrected chi connectivity index (χ2v) is 8.16. The van der Waals surface area contributed by atoms with E-state index < -0.39 is 0 Å². The topological polar surface area (TPSA) is 67.1 Å². The van der Waals surface area contributed by atoms with Crippen molar-refractivity contribution in [3.8, 4) is 0 Å². The van der Waals surface area contributed by atoms with Gasteiger partial charge in [0, 0.05) is 11.4 Å². The van der Waals surface area contributed by atoms with E-state index in [-0.39, 0.29) is 17.6 Å². The van der Waals surface area contributed by atoms with Gasteiger partial charge in [0.15, 0.2) is 13.1 Å². The summed E-state index contributed by atoms with van der Waals surface area (Å²) < 4.78 is 13.6. The Hall–Kier alpha value is -2.77. The minimum atomic E-state index is -0.323. The molecule has 2 aromatic rings. The predicted octanol–water partition coefficient (Wildman–Crippen LogP) is 0.112. The van der Waals surface area contributed by atoms with Crippen LogP contribution in [0.1, 0.15) is 16.7 Å². The van der Waals surface area contributed by atoms with Crippen LogP contribution >= 0.6 is 0 Å². The molecule has 7 heteroatoms. The third kappa shape index (κ3) is 5.87. The molecule has 0 bridgehead atoms. The van der Waals surface area contributed by atoms with E-state index in [9.17, 15) is 14.0 Å². The van der Waals surface area contributed by atoms with E-state index in [0.717, 1.165) is 43.0 Å². The molecule has 2 amide bonds. The molecule has 30 heavy (non-hydrogen) atoms. The average Bonchev–Trinajstić information content (AvgIpc) is 2.70. The SMILES string of the molecule is Cc1ccc(NC(=O)C[NH+]2CC[NH+](CC(=O)Nc3cccc(C)c3C)CC2)cc1F. The summed E-state index contributed by atoms with van der Waals surface area (Å²) >= 11 is 0. The molecule has 1 aliphatic rings. The van der Waals surface area contributed by atoms with Gasteiger partial charge in [-0.15, -0.1) is 0 Å². The predicted molar refractivity (Wildman–Crippen MR) is 115 cm³/mol. The van der Waals surface area contributed by atoms with Gasteiger partial charge >= 0.3 is 0 Å². The van der Waals surface area contributed by atoms with Crippen LogP contribution in [-0.4, -0.2) is 51.1 Å². The minimum absolute atomic E-state index is 0.0151. The summed E-state index contributed by atoms with van der Waals surface area (Å²) in [5.74, 6) is -0.429. The van der Waals surface area contributed by atoms with E-state index in [0.29, 0.717) is 24.3 Å². The number of hydrogen-bond acceptors (Lipinski definition) is 2. The molecule has 3 rings (SSSR count). The fourth-order valence-corrected chi connectivity index (χ4v) is 3.72. The zero-order valence-corrected chi connectivity index (χ0v) is 17.9. The maximum Gasteiger partial charge on any atom is 0.279 e. The van der Waals surface area contributed by atoms with Crippen LogP contribution < -0.4 is 20.4 Å². The molecule has 4 N–H and O–H groups in total. The molecule has 1 heterocycles. The van der Waals surface area contributed by atoms with Crippen molar-refractivity contribution in [3.63, 3.8) is 0 Å². The summed E-state index contributed by atoms with van der Waals surface area (Å²) in [6.07, 6.45) is 0. The van der Waals surface area contributed by atoms with E-state index in [2.05, 4.69) is 10.6 Å². The zero-order valence-electron chi connectivity index (χ0n) is 17.9. The van der Waals surface area contributed by atoms with Gasteiger partial charge in [-0.1, -0.05) is 18.2 Å². The molecule has 0 spiro atoms. The molecule has 1 saturated heterocycles. The number of rotatable bonds is 6. The first-order valence-corrected chi connectivity index (χ1v) is 10.4. The fraction of sp³-hybridized carbons (Fsp3) is 0.391. The molecule has 0 unspecified atom stereocenters. The number of piperazine rings is 1. The summed E-state index contributed by atoms with van der Waals surface area (Å²) in [6.45, 7) is 9.81. The number of nitrogens with one attached hydrogen (secondary N) is 4. The van der Waals surface area contributed by atoms with Crippen molar-refractivity contribution in [2.75, 3.05) is 49.9 Å². The molecule has 0 atom stereocenters. The number of hydrogen-bond donors (Lipinski definition) is 4. The third-order valence-electron chi connectivity index (χ3n) is 5.82. The van der Waals surface area contributed by atoms with Gasteiger partial charge in [0.05, 0.1) is 0 Å². The lowest BCUT2D eigenvalue weighted by atomic mass is 10.1. The van der Waals surface area contributed by atoms with Crippen molar-refractivity contribution >= 4 is 23.2 Å². The number of benzene rings is 2. The van der Waals surface area contributed by atoms with Crippen molar-refractivity contribution in [2.45, 2.75) is 20.8 Å². The van der Waals surface area contributed by atoms with E-state index in [1.54, 1.807) is 19.1 Å². The Labute approximate surface area is 177 Å². The Bertz CT molecular complexity index is 923. The zero-order chi connectivity index (χ0) is 21.7. The average molecular weight is 415 g/mol. The van der Waals surface area contributed by atoms with E-state index in [1.165, 1.54) is 15.9 Å². The largest absolute Gasteiger partial charge is 0.321 e. The van der Waals surface area contributed by atoms with E-state index in [1.807, 2.05) is 32.0 Å². The van der Waals surface area contributed by atoms with Crippen LogP contribution in [0.4, 0.5) is 15.8 Å². The fourth-order valence-electron chi connectivity index (χ4n) is 3.72. The first kappa shape index (κ1) is 21.9. The highest BCUT2D eigenvalue weighted by molar-refractivity contribution is 5.92. The van der Waals surface area contributed by atoms with Gasteiger partial charge in [0.2, 0.25) is 0 Å². The molecule has 6 nitrogen and oxygen atoms in total. The Morgan fingerprint density at radius 3 is 2.07 bits per heavy atom. The highest BCUT2D eigenvalue weighted by Gasteiger charge is 2.26. The van der Waals surface area contributed by atoms with Gasteiger partial charge < -0.3 is 20.4 Å². The lowest BCUT2D eigenvalue weighted by molar-refractivity contribution is -1.00. The Balaban J connectivity index is 1.42. The maximum atomic E-state index is 13.6. The van der Waals surface area contributed by atoms with Gasteiger partial charge in [0.25, 0.3) is 11.8 Å². The highest BCUT2D eigenvalue weighted by Crippen LogP contribution is 2.17. The quantitative estimate of drug-likeness (QED) is 0.542. The summed E-state index contributed by atoms with van der Waals surface area (Å²) in [7, 11) is 0. The number of aryl methyl sites for hydroxylation is 2. The standard InChI is InChI=1S/C23H29FN4O2/c1-16-5-4-6-21(18(16)3)26-23(30)15-28-11-9-27(10-12-28)14-22(29)25-19-8-7-17(2)20(24)13-19/h4-8,13H,9-12,14-15H2,1-3H3,(H,25,29)(H,26,30)/p+2. The second kappa shape index (κ2) is 9.82. The first-order chi connectivity index (χ1) is 14.3. The van der Waals surface area contributed by atoms with Crippen LogP contribution in [0.25, 0.3) is 0 Å². The number of halogens is 1. The Kier molecular flexibility index (Phi) is 7.18. The van der Waals surface area contributed by atoms with E-state index >= 15 is 0 Å². The molecule has 0 radical (unpaired) electrons. The van der Waals surface area contributed by atoms with Crippen LogP contribution in [0.2, 0.25) is 0 Å². The summed E-state index contributed by atoms with van der Waals surface area (Å²) in [5, 5.41) is 5.78. The van der Waals surface area contributed by atoms with Gasteiger partial charge in [-0.2, -0.15) is 0 Å². The van der Waals surface area contributed by atoms with Crippen molar-refractivity contribution in [1.29, 1.82) is 0 Å². The number of carbonyl (C=O) groups excluding carboxylic acids is 2. The number of quaternary nitrogens is 2. The van der Waals surface area contributed by atoms with Gasteiger partial charge in [-0.3, -0.25) is 9.59 Å². The molecular formula is C23H31FN4O2+2. The summed E-state index contributed by atoms with van der Waals surface area (Å²) in [6, 6.07) is 10.6. The minimum Gasteiger partial charge on any atom is -0.321 e. The van der Waals surface area contributed by atoms with Crippen LogP contribution in [-0.2, 0) is 9.59 Å². The summed E-state index contributed by atoms with van der Waals surface area (Å²) in [4.78, 5) is 27.1. The lowest BCUT2D eigenvalue weighted by Gasteiger charge is -2.29. The Morgan fingerprint density at radius 2 is 1.47 bits per heavy atom. The molecule has 1 fully saturated rings. The second-order valence-electron chi connectivity index (χ2n) is 8.16. The van der Waals surface area contributed by atoms with E-state index in [4.69, 9.17) is 0 Å². The van der Waals surface area contributed by atoms with Crippen LogP contribution in [0.3, 0.4) is 0 Å². The molecule has 0 aliphatic carbocycles.